The van der Waals surface area contributed by atoms with Gasteiger partial charge in [0.25, 0.3) is 11.6 Å². The average molecular weight is 500 g/mol. The highest BCUT2D eigenvalue weighted by Crippen LogP contribution is 2.35. The number of anilines is 2. The molecule has 2 aromatic carbocycles. The Hall–Kier alpha value is -3.55. The normalized spacial score (nSPS) is 11.6. The van der Waals surface area contributed by atoms with Crippen LogP contribution in [0.25, 0.3) is 0 Å². The van der Waals surface area contributed by atoms with Crippen LogP contribution in [-0.4, -0.2) is 30.0 Å². The van der Waals surface area contributed by atoms with Gasteiger partial charge in [-0.15, -0.1) is 0 Å². The minimum Gasteiger partial charge on any atom is -0.454 e. The summed E-state index contributed by atoms with van der Waals surface area (Å²) in [7, 11) is 0. The molecule has 8 nitrogen and oxygen atoms in total. The first-order valence-electron chi connectivity index (χ1n) is 8.60. The molecule has 2 rings (SSSR count). The van der Waals surface area contributed by atoms with Crippen LogP contribution in [0.3, 0.4) is 0 Å². The Bertz CT molecular complexity index is 1070. The van der Waals surface area contributed by atoms with E-state index in [4.69, 9.17) is 11.6 Å². The number of amides is 1. The van der Waals surface area contributed by atoms with Crippen LogP contribution in [0.5, 0.6) is 0 Å². The Morgan fingerprint density at radius 3 is 2.12 bits per heavy atom. The third-order valence-corrected chi connectivity index (χ3v) is 4.21. The van der Waals surface area contributed by atoms with Gasteiger partial charge in [-0.3, -0.25) is 19.7 Å². The van der Waals surface area contributed by atoms with Crippen molar-refractivity contribution in [2.75, 3.05) is 23.8 Å². The first-order chi connectivity index (χ1) is 15.2. The molecule has 0 saturated heterocycles. The van der Waals surface area contributed by atoms with Crippen molar-refractivity contribution in [1.82, 2.24) is 0 Å². The van der Waals surface area contributed by atoms with Gasteiger partial charge in [0, 0.05) is 6.07 Å². The molecule has 178 valence electrons. The number of rotatable bonds is 7. The molecule has 0 radical (unpaired) electrons. The smallest absolute Gasteiger partial charge is 0.416 e. The number of nitrogens with zero attached hydrogens (tertiary/aromatic N) is 1. The lowest BCUT2D eigenvalue weighted by atomic mass is 10.1. The summed E-state index contributed by atoms with van der Waals surface area (Å²) in [6.07, 6.45) is -9.51. The van der Waals surface area contributed by atoms with Crippen LogP contribution in [0.2, 0.25) is 5.02 Å². The zero-order valence-electron chi connectivity index (χ0n) is 16.0. The van der Waals surface area contributed by atoms with E-state index >= 15 is 0 Å². The number of hydrogen-bond donors (Lipinski definition) is 2. The standard InChI is InChI=1S/C18H12ClF6N3O5/c19-11-3-1-9(17(20,21)22)5-13(11)27-15(29)8-33-16(30)7-26-12-4-2-10(18(23,24)25)6-14(12)28(31)32/h1-6,26H,7-8H2,(H,27,29). The summed E-state index contributed by atoms with van der Waals surface area (Å²) in [4.78, 5) is 33.5. The molecule has 2 N–H and O–H groups in total. The summed E-state index contributed by atoms with van der Waals surface area (Å²) in [5.74, 6) is -2.17. The molecule has 0 fully saturated rings. The largest absolute Gasteiger partial charge is 0.454 e. The number of nitro benzene ring substituents is 1. The first-order valence-corrected chi connectivity index (χ1v) is 8.98. The van der Waals surface area contributed by atoms with Gasteiger partial charge in [0.15, 0.2) is 6.61 Å². The van der Waals surface area contributed by atoms with E-state index in [0.717, 1.165) is 12.1 Å². The molecule has 0 atom stereocenters. The second kappa shape index (κ2) is 9.94. The molecule has 33 heavy (non-hydrogen) atoms. The zero-order chi connectivity index (χ0) is 25.0. The predicted octanol–water partition coefficient (Wildman–Crippen LogP) is 4.88. The topological polar surface area (TPSA) is 111 Å². The van der Waals surface area contributed by atoms with Crippen molar-refractivity contribution in [2.45, 2.75) is 12.4 Å². The van der Waals surface area contributed by atoms with Gasteiger partial charge >= 0.3 is 18.3 Å². The molecule has 0 unspecified atom stereocenters. The summed E-state index contributed by atoms with van der Waals surface area (Å²) < 4.78 is 80.9. The van der Waals surface area contributed by atoms with E-state index in [1.54, 1.807) is 0 Å². The molecule has 0 spiro atoms. The van der Waals surface area contributed by atoms with Gasteiger partial charge in [0.05, 0.1) is 26.8 Å². The minimum atomic E-state index is -4.82. The minimum absolute atomic E-state index is 0.209. The maximum atomic E-state index is 12.7. The number of carbonyl (C=O) groups excluding carboxylic acids is 2. The molecule has 0 saturated carbocycles. The quantitative estimate of drug-likeness (QED) is 0.243. The number of alkyl halides is 6. The van der Waals surface area contributed by atoms with E-state index in [-0.39, 0.29) is 16.8 Å². The number of esters is 1. The fourth-order valence-corrected chi connectivity index (χ4v) is 2.52. The van der Waals surface area contributed by atoms with Gasteiger partial charge in [-0.05, 0) is 30.3 Å². The van der Waals surface area contributed by atoms with Gasteiger partial charge in [0.1, 0.15) is 12.2 Å². The number of nitrogens with one attached hydrogen (secondary N) is 2. The zero-order valence-corrected chi connectivity index (χ0v) is 16.8. The Balaban J connectivity index is 1.95. The Kier molecular flexibility index (Phi) is 7.74. The third-order valence-electron chi connectivity index (χ3n) is 3.88. The number of benzene rings is 2. The highest BCUT2D eigenvalue weighted by Gasteiger charge is 2.33. The lowest BCUT2D eigenvalue weighted by Gasteiger charge is -2.12. The Labute approximate surface area is 185 Å². The molecule has 0 aliphatic heterocycles. The van der Waals surface area contributed by atoms with Crippen molar-refractivity contribution in [3.63, 3.8) is 0 Å². The van der Waals surface area contributed by atoms with E-state index in [9.17, 15) is 46.0 Å². The maximum Gasteiger partial charge on any atom is 0.416 e. The maximum absolute atomic E-state index is 12.7. The molecule has 2 aromatic rings. The average Bonchev–Trinajstić information content (AvgIpc) is 2.70. The lowest BCUT2D eigenvalue weighted by molar-refractivity contribution is -0.384. The molecule has 0 aromatic heterocycles. The van der Waals surface area contributed by atoms with E-state index in [1.807, 2.05) is 5.32 Å². The summed E-state index contributed by atoms with van der Waals surface area (Å²) in [5, 5.41) is 15.0. The SMILES string of the molecule is O=C(COC(=O)CNc1ccc(C(F)(F)F)cc1[N+](=O)[O-])Nc1cc(C(F)(F)F)ccc1Cl. The number of carbonyl (C=O) groups is 2. The third kappa shape index (κ3) is 7.24. The van der Waals surface area contributed by atoms with E-state index in [2.05, 4.69) is 10.1 Å². The van der Waals surface area contributed by atoms with Crippen molar-refractivity contribution >= 4 is 40.5 Å². The van der Waals surface area contributed by atoms with Crippen LogP contribution < -0.4 is 10.6 Å². The van der Waals surface area contributed by atoms with Gasteiger partial charge in [-0.1, -0.05) is 11.6 Å². The second-order valence-corrected chi connectivity index (χ2v) is 6.65. The second-order valence-electron chi connectivity index (χ2n) is 6.24. The van der Waals surface area contributed by atoms with Crippen LogP contribution in [-0.2, 0) is 26.7 Å². The van der Waals surface area contributed by atoms with Crippen molar-refractivity contribution in [1.29, 1.82) is 0 Å². The van der Waals surface area contributed by atoms with Crippen molar-refractivity contribution in [3.8, 4) is 0 Å². The fourth-order valence-electron chi connectivity index (χ4n) is 2.36. The summed E-state index contributed by atoms with van der Waals surface area (Å²) in [6, 6.07) is 3.77. The molecule has 15 heteroatoms. The monoisotopic (exact) mass is 499 g/mol. The van der Waals surface area contributed by atoms with E-state index in [1.165, 1.54) is 0 Å². The number of halogens is 7. The van der Waals surface area contributed by atoms with Crippen LogP contribution in [0.15, 0.2) is 36.4 Å². The Morgan fingerprint density at radius 2 is 1.55 bits per heavy atom. The van der Waals surface area contributed by atoms with Crippen molar-refractivity contribution < 1.29 is 45.6 Å². The molecular formula is C18H12ClF6N3O5. The van der Waals surface area contributed by atoms with Gasteiger partial charge in [-0.2, -0.15) is 26.3 Å². The number of nitro groups is 1. The molecule has 1 amide bonds. The summed E-state index contributed by atoms with van der Waals surface area (Å²) in [5.41, 5.74) is -4.10. The van der Waals surface area contributed by atoms with Crippen LogP contribution in [0, 0.1) is 10.1 Å². The molecule has 0 aliphatic rings. The fraction of sp³-hybridized carbons (Fsp3) is 0.222. The van der Waals surface area contributed by atoms with Crippen LogP contribution in [0.1, 0.15) is 11.1 Å². The van der Waals surface area contributed by atoms with E-state index in [0.29, 0.717) is 18.2 Å². The summed E-state index contributed by atoms with van der Waals surface area (Å²) >= 11 is 5.72. The lowest BCUT2D eigenvalue weighted by Crippen LogP contribution is -2.24. The molecular weight excluding hydrogens is 488 g/mol. The van der Waals surface area contributed by atoms with Crippen molar-refractivity contribution in [2.24, 2.45) is 0 Å². The number of ether oxygens (including phenoxy) is 1. The summed E-state index contributed by atoms with van der Waals surface area (Å²) in [6.45, 7) is -1.70. The van der Waals surface area contributed by atoms with Gasteiger partial charge in [-0.25, -0.2) is 0 Å². The first kappa shape index (κ1) is 25.7. The molecule has 0 heterocycles. The predicted molar refractivity (Wildman–Crippen MR) is 103 cm³/mol. The van der Waals surface area contributed by atoms with Crippen LogP contribution in [0.4, 0.5) is 43.4 Å². The van der Waals surface area contributed by atoms with Gasteiger partial charge in [0.2, 0.25) is 0 Å². The van der Waals surface area contributed by atoms with Crippen LogP contribution >= 0.6 is 11.6 Å². The molecule has 0 aliphatic carbocycles. The highest BCUT2D eigenvalue weighted by molar-refractivity contribution is 6.33. The van der Waals surface area contributed by atoms with E-state index < -0.39 is 64.8 Å². The highest BCUT2D eigenvalue weighted by atomic mass is 35.5. The van der Waals surface area contributed by atoms with Gasteiger partial charge < -0.3 is 15.4 Å². The Morgan fingerprint density at radius 1 is 0.970 bits per heavy atom. The van der Waals surface area contributed by atoms with Crippen molar-refractivity contribution in [3.05, 3.63) is 62.7 Å². The molecule has 0 bridgehead atoms. The number of hydrogen-bond acceptors (Lipinski definition) is 6.